The molecule has 1 aromatic heterocycles. The van der Waals surface area contributed by atoms with Gasteiger partial charge < -0.3 is 5.32 Å². The van der Waals surface area contributed by atoms with Crippen LogP contribution in [0.1, 0.15) is 0 Å². The van der Waals surface area contributed by atoms with Crippen LogP contribution < -0.4 is 5.32 Å². The molecule has 0 fully saturated rings. The molecule has 6 heteroatoms. The van der Waals surface area contributed by atoms with Crippen LogP contribution >= 0.6 is 11.3 Å². The maximum atomic E-state index is 13.6. The Morgan fingerprint density at radius 3 is 2.55 bits per heavy atom. The summed E-state index contributed by atoms with van der Waals surface area (Å²) in [5.74, 6) is -0.445. The molecule has 0 spiro atoms. The average Bonchev–Trinajstić information content (AvgIpc) is 2.79. The molecule has 2 aromatic carbocycles. The number of halogens is 1. The molecule has 4 nitrogen and oxygen atoms in total. The van der Waals surface area contributed by atoms with E-state index in [1.54, 1.807) is 36.4 Å². The van der Waals surface area contributed by atoms with Gasteiger partial charge in [0.15, 0.2) is 5.00 Å². The van der Waals surface area contributed by atoms with E-state index in [4.69, 9.17) is 0 Å². The Morgan fingerprint density at radius 1 is 1.10 bits per heavy atom. The smallest absolute Gasteiger partial charge is 0.311 e. The van der Waals surface area contributed by atoms with Crippen LogP contribution in [-0.2, 0) is 0 Å². The molecule has 100 valence electrons. The van der Waals surface area contributed by atoms with Crippen molar-refractivity contribution in [3.8, 4) is 0 Å². The fourth-order valence-corrected chi connectivity index (χ4v) is 3.07. The molecule has 0 aliphatic rings. The van der Waals surface area contributed by atoms with Crippen LogP contribution in [0.5, 0.6) is 0 Å². The van der Waals surface area contributed by atoms with E-state index in [-0.39, 0.29) is 11.4 Å². The molecule has 0 saturated carbocycles. The Hall–Kier alpha value is -2.47. The van der Waals surface area contributed by atoms with Gasteiger partial charge >= 0.3 is 5.69 Å². The Bertz CT molecular complexity index is 801. The van der Waals surface area contributed by atoms with Gasteiger partial charge in [0.25, 0.3) is 0 Å². The molecular formula is C14H9FN2O2S. The van der Waals surface area contributed by atoms with Gasteiger partial charge in [0.1, 0.15) is 5.82 Å². The summed E-state index contributed by atoms with van der Waals surface area (Å²) in [5.41, 5.74) is 0.205. The van der Waals surface area contributed by atoms with Crippen LogP contribution in [0.25, 0.3) is 10.1 Å². The minimum atomic E-state index is -0.445. The van der Waals surface area contributed by atoms with E-state index in [2.05, 4.69) is 5.32 Å². The summed E-state index contributed by atoms with van der Waals surface area (Å²) in [4.78, 5) is 10.8. The number of anilines is 2. The Kier molecular flexibility index (Phi) is 3.08. The van der Waals surface area contributed by atoms with Crippen LogP contribution in [0.15, 0.2) is 48.5 Å². The van der Waals surface area contributed by atoms with Crippen molar-refractivity contribution in [2.75, 3.05) is 5.32 Å². The standard InChI is InChI=1S/C14H9FN2O2S/c15-10-6-2-3-7-11(10)16-14-13(17(18)19)9-5-1-4-8-12(9)20-14/h1-8,16H. The monoisotopic (exact) mass is 288 g/mol. The van der Waals surface area contributed by atoms with Gasteiger partial charge in [-0.1, -0.05) is 24.3 Å². The molecule has 0 radical (unpaired) electrons. The Labute approximate surface area is 117 Å². The molecule has 3 aromatic rings. The van der Waals surface area contributed by atoms with Crippen molar-refractivity contribution in [3.63, 3.8) is 0 Å². The second kappa shape index (κ2) is 4.90. The van der Waals surface area contributed by atoms with Crippen molar-refractivity contribution in [1.82, 2.24) is 0 Å². The first-order valence-electron chi connectivity index (χ1n) is 5.84. The van der Waals surface area contributed by atoms with E-state index >= 15 is 0 Å². The summed E-state index contributed by atoms with van der Waals surface area (Å²) < 4.78 is 14.4. The van der Waals surface area contributed by atoms with Crippen LogP contribution in [0.2, 0.25) is 0 Å². The molecule has 0 saturated heterocycles. The van der Waals surface area contributed by atoms with Crippen molar-refractivity contribution >= 4 is 37.8 Å². The predicted molar refractivity (Wildman–Crippen MR) is 78.2 cm³/mol. The normalized spacial score (nSPS) is 10.7. The van der Waals surface area contributed by atoms with Crippen molar-refractivity contribution in [1.29, 1.82) is 0 Å². The molecule has 0 unspecified atom stereocenters. The Morgan fingerprint density at radius 2 is 1.80 bits per heavy atom. The number of nitro groups is 1. The number of rotatable bonds is 3. The van der Waals surface area contributed by atoms with Crippen molar-refractivity contribution in [2.24, 2.45) is 0 Å². The highest BCUT2D eigenvalue weighted by Gasteiger charge is 2.22. The summed E-state index contributed by atoms with van der Waals surface area (Å²) in [6.45, 7) is 0. The number of hydrogen-bond acceptors (Lipinski definition) is 4. The van der Waals surface area contributed by atoms with Gasteiger partial charge in [-0.05, 0) is 24.3 Å². The van der Waals surface area contributed by atoms with E-state index < -0.39 is 10.7 Å². The van der Waals surface area contributed by atoms with Gasteiger partial charge in [-0.25, -0.2) is 4.39 Å². The van der Waals surface area contributed by atoms with Crippen molar-refractivity contribution in [2.45, 2.75) is 0 Å². The number of fused-ring (bicyclic) bond motifs is 1. The summed E-state index contributed by atoms with van der Waals surface area (Å²) >= 11 is 1.24. The first-order valence-corrected chi connectivity index (χ1v) is 6.66. The van der Waals surface area contributed by atoms with E-state index in [1.807, 2.05) is 6.07 Å². The quantitative estimate of drug-likeness (QED) is 0.561. The van der Waals surface area contributed by atoms with Gasteiger partial charge in [0, 0.05) is 4.70 Å². The minimum absolute atomic E-state index is 0.0196. The number of nitrogens with one attached hydrogen (secondary N) is 1. The number of thiophene rings is 1. The summed E-state index contributed by atoms with van der Waals surface area (Å²) in [5, 5.41) is 15.0. The third kappa shape index (κ3) is 2.10. The van der Waals surface area contributed by atoms with Crippen LogP contribution in [0.4, 0.5) is 20.8 Å². The Balaban J connectivity index is 2.14. The number of para-hydroxylation sites is 1. The SMILES string of the molecule is O=[N+]([O-])c1c(Nc2ccccc2F)sc2ccccc12. The first-order chi connectivity index (χ1) is 9.66. The molecule has 0 aliphatic heterocycles. The molecular weight excluding hydrogens is 279 g/mol. The molecule has 0 aliphatic carbocycles. The third-order valence-electron chi connectivity index (χ3n) is 2.87. The summed E-state index contributed by atoms with van der Waals surface area (Å²) in [6, 6.07) is 13.1. The van der Waals surface area contributed by atoms with Crippen LogP contribution in [-0.4, -0.2) is 4.92 Å². The van der Waals surface area contributed by atoms with Crippen molar-refractivity contribution < 1.29 is 9.31 Å². The van der Waals surface area contributed by atoms with E-state index in [9.17, 15) is 14.5 Å². The number of benzene rings is 2. The highest BCUT2D eigenvalue weighted by molar-refractivity contribution is 7.23. The van der Waals surface area contributed by atoms with Crippen molar-refractivity contribution in [3.05, 3.63) is 64.5 Å². The number of nitrogens with zero attached hydrogens (tertiary/aromatic N) is 1. The zero-order valence-electron chi connectivity index (χ0n) is 10.2. The lowest BCUT2D eigenvalue weighted by Crippen LogP contribution is -1.95. The molecule has 1 heterocycles. The highest BCUT2D eigenvalue weighted by Crippen LogP contribution is 2.43. The van der Waals surface area contributed by atoms with E-state index in [0.717, 1.165) is 4.70 Å². The third-order valence-corrected chi connectivity index (χ3v) is 3.95. The fourth-order valence-electron chi connectivity index (χ4n) is 1.98. The lowest BCUT2D eigenvalue weighted by Gasteiger charge is -2.04. The van der Waals surface area contributed by atoms with E-state index in [1.165, 1.54) is 17.4 Å². The topological polar surface area (TPSA) is 55.2 Å². The molecule has 0 bridgehead atoms. The molecule has 3 rings (SSSR count). The number of hydrogen-bond donors (Lipinski definition) is 1. The van der Waals surface area contributed by atoms with Gasteiger partial charge in [-0.3, -0.25) is 10.1 Å². The molecule has 0 amide bonds. The maximum Gasteiger partial charge on any atom is 0.311 e. The largest absolute Gasteiger partial charge is 0.339 e. The fraction of sp³-hybridized carbons (Fsp3) is 0. The zero-order chi connectivity index (χ0) is 14.1. The highest BCUT2D eigenvalue weighted by atomic mass is 32.1. The van der Waals surface area contributed by atoms with Gasteiger partial charge in [0.2, 0.25) is 0 Å². The van der Waals surface area contributed by atoms with Gasteiger partial charge in [-0.15, -0.1) is 11.3 Å². The molecule has 1 N–H and O–H groups in total. The second-order valence-corrected chi connectivity index (χ2v) is 5.19. The first kappa shape index (κ1) is 12.6. The predicted octanol–water partition coefficient (Wildman–Crippen LogP) is 4.69. The van der Waals surface area contributed by atoms with Crippen LogP contribution in [0.3, 0.4) is 0 Å². The lowest BCUT2D eigenvalue weighted by molar-refractivity contribution is -0.381. The minimum Gasteiger partial charge on any atom is -0.339 e. The zero-order valence-corrected chi connectivity index (χ0v) is 11.0. The van der Waals surface area contributed by atoms with Crippen LogP contribution in [0, 0.1) is 15.9 Å². The summed E-state index contributed by atoms with van der Waals surface area (Å²) in [6.07, 6.45) is 0. The van der Waals surface area contributed by atoms with Gasteiger partial charge in [-0.2, -0.15) is 0 Å². The van der Waals surface area contributed by atoms with Gasteiger partial charge in [0.05, 0.1) is 16.0 Å². The molecule has 0 atom stereocenters. The average molecular weight is 288 g/mol. The van der Waals surface area contributed by atoms with E-state index in [0.29, 0.717) is 10.4 Å². The lowest BCUT2D eigenvalue weighted by atomic mass is 10.2. The molecule has 20 heavy (non-hydrogen) atoms. The summed E-state index contributed by atoms with van der Waals surface area (Å²) in [7, 11) is 0. The maximum absolute atomic E-state index is 13.6. The second-order valence-electron chi connectivity index (χ2n) is 4.14.